The Balaban J connectivity index is 1.66. The molecule has 3 rings (SSSR count). The molecule has 1 heterocycles. The smallest absolute Gasteiger partial charge is 0.392 e. The Kier molecular flexibility index (Phi) is 4.60. The minimum atomic E-state index is -4.41. The Morgan fingerprint density at radius 3 is 2.79 bits per heavy atom. The summed E-state index contributed by atoms with van der Waals surface area (Å²) in [6.07, 6.45) is -2.69. The van der Waals surface area contributed by atoms with Crippen LogP contribution in [0.1, 0.15) is 24.3 Å². The van der Waals surface area contributed by atoms with Crippen LogP contribution >= 0.6 is 0 Å². The number of hydrogen-bond acceptors (Lipinski definition) is 5. The van der Waals surface area contributed by atoms with Crippen molar-refractivity contribution in [2.45, 2.75) is 31.7 Å². The van der Waals surface area contributed by atoms with Crippen molar-refractivity contribution in [2.75, 3.05) is 13.6 Å². The van der Waals surface area contributed by atoms with E-state index >= 15 is 0 Å². The van der Waals surface area contributed by atoms with Crippen molar-refractivity contribution in [2.24, 2.45) is 5.92 Å². The van der Waals surface area contributed by atoms with E-state index in [0.717, 1.165) is 25.0 Å². The summed E-state index contributed by atoms with van der Waals surface area (Å²) in [5.41, 5.74) is -0.503. The molecule has 0 spiro atoms. The summed E-state index contributed by atoms with van der Waals surface area (Å²) in [4.78, 5) is 6.00. The first-order valence-corrected chi connectivity index (χ1v) is 7.70. The second kappa shape index (κ2) is 6.52. The summed E-state index contributed by atoms with van der Waals surface area (Å²) in [5, 5.41) is 13.7. The van der Waals surface area contributed by atoms with Crippen molar-refractivity contribution >= 4 is 0 Å². The maximum Gasteiger partial charge on any atom is 0.416 e. The molecular formula is C16H18F3N3O2. The van der Waals surface area contributed by atoms with Crippen LogP contribution in [0.3, 0.4) is 0 Å². The molecule has 8 heteroatoms. The number of alkyl halides is 3. The minimum absolute atomic E-state index is 0.118. The van der Waals surface area contributed by atoms with E-state index in [9.17, 15) is 18.3 Å². The second-order valence-corrected chi connectivity index (χ2v) is 6.19. The van der Waals surface area contributed by atoms with Gasteiger partial charge < -0.3 is 9.63 Å². The summed E-state index contributed by atoms with van der Waals surface area (Å²) in [6.45, 7) is 0.821. The monoisotopic (exact) mass is 341 g/mol. The van der Waals surface area contributed by atoms with Crippen LogP contribution in [0.2, 0.25) is 0 Å². The van der Waals surface area contributed by atoms with Gasteiger partial charge in [0.1, 0.15) is 0 Å². The van der Waals surface area contributed by atoms with Gasteiger partial charge in [-0.3, -0.25) is 4.90 Å². The fourth-order valence-corrected chi connectivity index (χ4v) is 2.52. The van der Waals surface area contributed by atoms with Gasteiger partial charge in [-0.25, -0.2) is 0 Å². The lowest BCUT2D eigenvalue weighted by Gasteiger charge is -2.18. The van der Waals surface area contributed by atoms with E-state index in [1.165, 1.54) is 12.1 Å². The highest BCUT2D eigenvalue weighted by atomic mass is 19.4. The standard InChI is InChI=1S/C16H18F3N3O2/c1-22(8-13(23)10-5-6-10)9-14-20-15(21-24-14)11-3-2-4-12(7-11)16(17,18)19/h2-4,7,10,13,23H,5-6,8-9H2,1H3. The molecule has 0 aliphatic heterocycles. The Labute approximate surface area is 137 Å². The average Bonchev–Trinajstić information content (AvgIpc) is 3.27. The molecule has 130 valence electrons. The highest BCUT2D eigenvalue weighted by Crippen LogP contribution is 2.33. The van der Waals surface area contributed by atoms with Gasteiger partial charge in [0.15, 0.2) is 0 Å². The van der Waals surface area contributed by atoms with Crippen molar-refractivity contribution in [1.82, 2.24) is 15.0 Å². The topological polar surface area (TPSA) is 62.4 Å². The van der Waals surface area contributed by atoms with Gasteiger partial charge in [0, 0.05) is 12.1 Å². The summed E-state index contributed by atoms with van der Waals surface area (Å²) >= 11 is 0. The van der Waals surface area contributed by atoms with Crippen LogP contribution in [0, 0.1) is 5.92 Å². The third kappa shape index (κ3) is 4.12. The third-order valence-electron chi connectivity index (χ3n) is 3.99. The number of aliphatic hydroxyl groups excluding tert-OH is 1. The maximum atomic E-state index is 12.8. The van der Waals surface area contributed by atoms with Crippen molar-refractivity contribution in [3.63, 3.8) is 0 Å². The first kappa shape index (κ1) is 16.9. The average molecular weight is 341 g/mol. The Morgan fingerprint density at radius 1 is 1.38 bits per heavy atom. The van der Waals surface area contributed by atoms with E-state index in [4.69, 9.17) is 4.52 Å². The summed E-state index contributed by atoms with van der Waals surface area (Å²) in [5.74, 6) is 0.788. The van der Waals surface area contributed by atoms with E-state index in [-0.39, 0.29) is 17.5 Å². The molecule has 1 fully saturated rings. The molecule has 0 bridgehead atoms. The summed E-state index contributed by atoms with van der Waals surface area (Å²) in [6, 6.07) is 4.81. The van der Waals surface area contributed by atoms with Crippen LogP contribution < -0.4 is 0 Å². The fraction of sp³-hybridized carbons (Fsp3) is 0.500. The molecule has 1 aliphatic carbocycles. The molecule has 0 radical (unpaired) electrons. The van der Waals surface area contributed by atoms with E-state index in [2.05, 4.69) is 10.1 Å². The molecule has 1 atom stereocenters. The molecule has 1 N–H and O–H groups in total. The van der Waals surface area contributed by atoms with Gasteiger partial charge >= 0.3 is 6.18 Å². The summed E-state index contributed by atoms with van der Waals surface area (Å²) < 4.78 is 43.4. The Bertz CT molecular complexity index is 698. The number of benzene rings is 1. The quantitative estimate of drug-likeness (QED) is 0.875. The second-order valence-electron chi connectivity index (χ2n) is 6.19. The van der Waals surface area contributed by atoms with Gasteiger partial charge in [0.25, 0.3) is 0 Å². The van der Waals surface area contributed by atoms with E-state index < -0.39 is 11.7 Å². The predicted octanol–water partition coefficient (Wildman–Crippen LogP) is 2.96. The summed E-state index contributed by atoms with van der Waals surface area (Å²) in [7, 11) is 1.82. The van der Waals surface area contributed by atoms with Gasteiger partial charge in [0.2, 0.25) is 11.7 Å². The molecule has 1 aromatic heterocycles. The first-order chi connectivity index (χ1) is 11.3. The van der Waals surface area contributed by atoms with Crippen LogP contribution in [0.5, 0.6) is 0 Å². The largest absolute Gasteiger partial charge is 0.416 e. The molecule has 1 aliphatic rings. The number of aliphatic hydroxyl groups is 1. The van der Waals surface area contributed by atoms with Crippen LogP contribution in [-0.4, -0.2) is 39.8 Å². The van der Waals surface area contributed by atoms with Crippen molar-refractivity contribution in [1.29, 1.82) is 0 Å². The lowest BCUT2D eigenvalue weighted by molar-refractivity contribution is -0.137. The molecule has 1 saturated carbocycles. The molecule has 24 heavy (non-hydrogen) atoms. The third-order valence-corrected chi connectivity index (χ3v) is 3.99. The molecule has 1 unspecified atom stereocenters. The van der Waals surface area contributed by atoms with Crippen molar-refractivity contribution in [3.8, 4) is 11.4 Å². The number of rotatable bonds is 6. The van der Waals surface area contributed by atoms with Crippen molar-refractivity contribution < 1.29 is 22.8 Å². The number of halogens is 3. The first-order valence-electron chi connectivity index (χ1n) is 7.70. The SMILES string of the molecule is CN(Cc1nc(-c2cccc(C(F)(F)F)c2)no1)CC(O)C1CC1. The van der Waals surface area contributed by atoms with Gasteiger partial charge in [-0.1, -0.05) is 17.3 Å². The maximum absolute atomic E-state index is 12.8. The predicted molar refractivity (Wildman–Crippen MR) is 79.8 cm³/mol. The molecule has 0 saturated heterocycles. The minimum Gasteiger partial charge on any atom is -0.392 e. The fourth-order valence-electron chi connectivity index (χ4n) is 2.52. The number of aromatic nitrogens is 2. The zero-order valence-corrected chi connectivity index (χ0v) is 13.1. The van der Waals surface area contributed by atoms with Crippen LogP contribution in [-0.2, 0) is 12.7 Å². The number of likely N-dealkylation sites (N-methyl/N-ethyl adjacent to an activating group) is 1. The number of hydrogen-bond donors (Lipinski definition) is 1. The van der Waals surface area contributed by atoms with Crippen LogP contribution in [0.4, 0.5) is 13.2 Å². The van der Waals surface area contributed by atoms with E-state index in [1.807, 2.05) is 11.9 Å². The molecule has 1 aromatic carbocycles. The normalized spacial score (nSPS) is 16.6. The molecular weight excluding hydrogens is 323 g/mol. The Hall–Kier alpha value is -1.93. The molecule has 0 amide bonds. The Morgan fingerprint density at radius 2 is 2.12 bits per heavy atom. The lowest BCUT2D eigenvalue weighted by Crippen LogP contribution is -2.30. The zero-order chi connectivity index (χ0) is 17.3. The zero-order valence-electron chi connectivity index (χ0n) is 13.1. The molecule has 2 aromatic rings. The van der Waals surface area contributed by atoms with Crippen LogP contribution in [0.15, 0.2) is 28.8 Å². The molecule has 5 nitrogen and oxygen atoms in total. The van der Waals surface area contributed by atoms with Gasteiger partial charge in [-0.05, 0) is 37.9 Å². The number of nitrogens with zero attached hydrogens (tertiary/aromatic N) is 3. The lowest BCUT2D eigenvalue weighted by atomic mass is 10.1. The highest BCUT2D eigenvalue weighted by molar-refractivity contribution is 5.55. The van der Waals surface area contributed by atoms with Gasteiger partial charge in [0.05, 0.1) is 18.2 Å². The van der Waals surface area contributed by atoms with Gasteiger partial charge in [-0.2, -0.15) is 18.2 Å². The van der Waals surface area contributed by atoms with Gasteiger partial charge in [-0.15, -0.1) is 0 Å². The van der Waals surface area contributed by atoms with E-state index in [1.54, 1.807) is 0 Å². The van der Waals surface area contributed by atoms with Crippen LogP contribution in [0.25, 0.3) is 11.4 Å². The van der Waals surface area contributed by atoms with E-state index in [0.29, 0.717) is 24.9 Å². The highest BCUT2D eigenvalue weighted by Gasteiger charge is 2.31. The van der Waals surface area contributed by atoms with Crippen molar-refractivity contribution in [3.05, 3.63) is 35.7 Å².